The molecule has 0 saturated carbocycles. The molecule has 0 radical (unpaired) electrons. The Labute approximate surface area is 175 Å². The summed E-state index contributed by atoms with van der Waals surface area (Å²) < 4.78 is 142. The normalized spacial score (nSPS) is 13.6. The number of nitro groups is 2. The lowest BCUT2D eigenvalue weighted by molar-refractivity contribution is -0.408. The Morgan fingerprint density at radius 3 is 1.12 bits per heavy atom. The Bertz CT molecular complexity index is 1010. The lowest BCUT2D eigenvalue weighted by Crippen LogP contribution is -2.65. The quantitative estimate of drug-likeness (QED) is 0.245. The molecule has 0 heterocycles. The number of nitro benzene ring substituents is 2. The molecule has 0 spiro atoms. The lowest BCUT2D eigenvalue weighted by atomic mass is 9.88. The predicted molar refractivity (Wildman–Crippen MR) is 88.8 cm³/mol. The van der Waals surface area contributed by atoms with Gasteiger partial charge in [-0.1, -0.05) is 24.3 Å². The summed E-state index contributed by atoms with van der Waals surface area (Å²) in [5.41, 5.74) is -7.06. The van der Waals surface area contributed by atoms with Crippen LogP contribution in [0.2, 0.25) is 0 Å². The lowest BCUT2D eigenvalue weighted by Gasteiger charge is -2.39. The molecule has 180 valence electrons. The van der Waals surface area contributed by atoms with Crippen molar-refractivity contribution >= 4 is 11.4 Å². The van der Waals surface area contributed by atoms with Crippen LogP contribution in [0.1, 0.15) is 11.1 Å². The van der Waals surface area contributed by atoms with Crippen molar-refractivity contribution < 1.29 is 53.8 Å². The second-order valence-electron chi connectivity index (χ2n) is 6.49. The predicted octanol–water partition coefficient (Wildman–Crippen LogP) is 6.29. The molecule has 0 aliphatic heterocycles. The van der Waals surface area contributed by atoms with Gasteiger partial charge < -0.3 is 0 Å². The molecule has 2 aromatic rings. The molecule has 6 nitrogen and oxygen atoms in total. The average molecular weight is 494 g/mol. The molecule has 0 fully saturated rings. The molecule has 0 N–H and O–H groups in total. The molecule has 0 aromatic heterocycles. The Kier molecular flexibility index (Phi) is 6.13. The Hall–Kier alpha value is -3.46. The highest BCUT2D eigenvalue weighted by molar-refractivity contribution is 5.40. The number of benzene rings is 2. The first-order valence-corrected chi connectivity index (χ1v) is 8.21. The maximum absolute atomic E-state index is 14.2. The van der Waals surface area contributed by atoms with Gasteiger partial charge in [0, 0.05) is 35.4 Å². The first-order valence-electron chi connectivity index (χ1n) is 8.21. The number of rotatable bonds is 8. The number of nitrogens with zero attached hydrogens (tertiary/aromatic N) is 2. The Balaban J connectivity index is 2.63. The average Bonchev–Trinajstić information content (AvgIpc) is 2.73. The fraction of sp³-hybridized carbons (Fsp3) is 0.294. The molecule has 0 aliphatic carbocycles. The monoisotopic (exact) mass is 494 g/mol. The number of non-ortho nitro benzene ring substituents is 2. The van der Waals surface area contributed by atoms with Crippen molar-refractivity contribution in [3.8, 4) is 0 Å². The molecule has 0 amide bonds. The van der Waals surface area contributed by atoms with E-state index >= 15 is 0 Å². The van der Waals surface area contributed by atoms with Crippen molar-refractivity contribution in [2.45, 2.75) is 29.6 Å². The molecule has 33 heavy (non-hydrogen) atoms. The zero-order valence-corrected chi connectivity index (χ0v) is 15.4. The summed E-state index contributed by atoms with van der Waals surface area (Å²) >= 11 is 0. The van der Waals surface area contributed by atoms with E-state index in [0.717, 1.165) is 0 Å². The van der Waals surface area contributed by atoms with E-state index in [9.17, 15) is 64.1 Å². The van der Waals surface area contributed by atoms with E-state index in [1.54, 1.807) is 0 Å². The van der Waals surface area contributed by atoms with Gasteiger partial charge in [-0.3, -0.25) is 20.2 Å². The fourth-order valence-corrected chi connectivity index (χ4v) is 2.58. The van der Waals surface area contributed by atoms with Crippen molar-refractivity contribution in [3.63, 3.8) is 0 Å². The topological polar surface area (TPSA) is 86.3 Å². The number of hydrogen-bond acceptors (Lipinski definition) is 4. The summed E-state index contributed by atoms with van der Waals surface area (Å²) in [7, 11) is 0. The van der Waals surface area contributed by atoms with Gasteiger partial charge in [0.05, 0.1) is 9.85 Å². The third-order valence-electron chi connectivity index (χ3n) is 4.42. The van der Waals surface area contributed by atoms with Crippen LogP contribution in [0.5, 0.6) is 0 Å². The molecule has 0 bridgehead atoms. The van der Waals surface area contributed by atoms with Crippen LogP contribution in [0.4, 0.5) is 55.3 Å². The highest BCUT2D eigenvalue weighted by Gasteiger charge is 2.86. The van der Waals surface area contributed by atoms with Crippen LogP contribution in [-0.2, 0) is 11.8 Å². The summed E-state index contributed by atoms with van der Waals surface area (Å²) in [6, 6.07) is 0.974. The zero-order chi connectivity index (χ0) is 25.6. The largest absolute Gasteiger partial charge is 0.385 e. The summed E-state index contributed by atoms with van der Waals surface area (Å²) in [5.74, 6) is -34.5. The second-order valence-corrected chi connectivity index (χ2v) is 6.49. The van der Waals surface area contributed by atoms with Crippen LogP contribution < -0.4 is 0 Å². The number of halogens is 10. The summed E-state index contributed by atoms with van der Waals surface area (Å²) in [6.45, 7) is 0. The van der Waals surface area contributed by atoms with Gasteiger partial charge in [-0.2, -0.15) is 43.9 Å². The number of alkyl halides is 10. The third-order valence-corrected chi connectivity index (χ3v) is 4.42. The first-order chi connectivity index (χ1) is 14.8. The van der Waals surface area contributed by atoms with Gasteiger partial charge in [0.2, 0.25) is 0 Å². The van der Waals surface area contributed by atoms with E-state index in [1.807, 2.05) is 0 Å². The van der Waals surface area contributed by atoms with Crippen molar-refractivity contribution in [1.82, 2.24) is 0 Å². The van der Waals surface area contributed by atoms with Crippen molar-refractivity contribution in [2.24, 2.45) is 0 Å². The highest BCUT2D eigenvalue weighted by Crippen LogP contribution is 2.61. The van der Waals surface area contributed by atoms with E-state index in [0.29, 0.717) is 24.3 Å². The fourth-order valence-electron chi connectivity index (χ4n) is 2.58. The SMILES string of the molecule is O=[N+]([O-])c1cccc(C(F)(F)C(F)(F)C(F)(F)C(F)(F)C(F)(F)c2cccc([N+](=O)[O-])c2)c1. The van der Waals surface area contributed by atoms with Crippen LogP contribution in [0, 0.1) is 20.2 Å². The summed E-state index contributed by atoms with van der Waals surface area (Å²) in [4.78, 5) is 18.4. The van der Waals surface area contributed by atoms with E-state index in [2.05, 4.69) is 0 Å². The van der Waals surface area contributed by atoms with Crippen LogP contribution >= 0.6 is 0 Å². The van der Waals surface area contributed by atoms with Crippen LogP contribution in [0.15, 0.2) is 48.5 Å². The van der Waals surface area contributed by atoms with Gasteiger partial charge in [0.15, 0.2) is 0 Å². The molecular formula is C17H8F10N2O4. The van der Waals surface area contributed by atoms with E-state index in [4.69, 9.17) is 0 Å². The number of hydrogen-bond donors (Lipinski definition) is 0. The maximum Gasteiger partial charge on any atom is 0.385 e. The van der Waals surface area contributed by atoms with E-state index < -0.39 is 62.0 Å². The highest BCUT2D eigenvalue weighted by atomic mass is 19.4. The van der Waals surface area contributed by atoms with E-state index in [1.165, 1.54) is 0 Å². The van der Waals surface area contributed by atoms with Crippen LogP contribution in [0.3, 0.4) is 0 Å². The minimum Gasteiger partial charge on any atom is -0.258 e. The van der Waals surface area contributed by atoms with Crippen LogP contribution in [-0.4, -0.2) is 27.6 Å². The zero-order valence-electron chi connectivity index (χ0n) is 15.4. The molecule has 2 aromatic carbocycles. The van der Waals surface area contributed by atoms with Gasteiger partial charge in [-0.25, -0.2) is 0 Å². The maximum atomic E-state index is 14.2. The third kappa shape index (κ3) is 3.82. The van der Waals surface area contributed by atoms with Gasteiger partial charge in [0.25, 0.3) is 11.4 Å². The molecule has 16 heteroatoms. The van der Waals surface area contributed by atoms with Crippen molar-refractivity contribution in [3.05, 3.63) is 79.9 Å². The first kappa shape index (κ1) is 25.8. The van der Waals surface area contributed by atoms with E-state index in [-0.39, 0.29) is 24.3 Å². The Morgan fingerprint density at radius 1 is 0.545 bits per heavy atom. The van der Waals surface area contributed by atoms with Crippen molar-refractivity contribution in [2.75, 3.05) is 0 Å². The standard InChI is InChI=1S/C17H8F10N2O4/c18-13(19,9-3-1-5-11(7-9)28(30)31)15(22,23)17(26,27)16(24,25)14(20,21)10-4-2-6-12(8-10)29(32)33/h1-8H. The minimum atomic E-state index is -7.47. The van der Waals surface area contributed by atoms with Gasteiger partial charge in [-0.15, -0.1) is 0 Å². The molecular weight excluding hydrogens is 486 g/mol. The Morgan fingerprint density at radius 2 is 0.848 bits per heavy atom. The van der Waals surface area contributed by atoms with Crippen LogP contribution in [0.25, 0.3) is 0 Å². The molecule has 2 rings (SSSR count). The van der Waals surface area contributed by atoms with Crippen molar-refractivity contribution in [1.29, 1.82) is 0 Å². The van der Waals surface area contributed by atoms with Gasteiger partial charge in [0.1, 0.15) is 0 Å². The second kappa shape index (κ2) is 7.84. The minimum absolute atomic E-state index is 0.0339. The molecule has 0 saturated heterocycles. The summed E-state index contributed by atoms with van der Waals surface area (Å²) in [5, 5.41) is 21.2. The van der Waals surface area contributed by atoms with Gasteiger partial charge in [-0.05, 0) is 0 Å². The summed E-state index contributed by atoms with van der Waals surface area (Å²) in [6.07, 6.45) is 0. The molecule has 0 unspecified atom stereocenters. The van der Waals surface area contributed by atoms with Gasteiger partial charge >= 0.3 is 29.6 Å². The smallest absolute Gasteiger partial charge is 0.258 e. The molecule has 0 atom stereocenters. The molecule has 0 aliphatic rings.